The van der Waals surface area contributed by atoms with Gasteiger partial charge in [-0.25, -0.2) is 8.78 Å². The van der Waals surface area contributed by atoms with Gasteiger partial charge in [-0.3, -0.25) is 4.79 Å². The molecule has 0 fully saturated rings. The van der Waals surface area contributed by atoms with Crippen molar-refractivity contribution < 1.29 is 18.3 Å². The van der Waals surface area contributed by atoms with E-state index < -0.39 is 23.3 Å². The van der Waals surface area contributed by atoms with Gasteiger partial charge in [-0.1, -0.05) is 18.1 Å². The highest BCUT2D eigenvalue weighted by Crippen LogP contribution is 2.23. The van der Waals surface area contributed by atoms with Crippen LogP contribution >= 0.6 is 0 Å². The zero-order valence-corrected chi connectivity index (χ0v) is 11.4. The van der Waals surface area contributed by atoms with Crippen molar-refractivity contribution in [2.45, 2.75) is 25.3 Å². The number of hydrogen-bond acceptors (Lipinski definition) is 2. The number of nitrogens with one attached hydrogen (secondary N) is 1. The Morgan fingerprint density at radius 1 is 1.43 bits per heavy atom. The van der Waals surface area contributed by atoms with Crippen molar-refractivity contribution in [1.29, 1.82) is 0 Å². The number of hydrogen-bond donors (Lipinski definition) is 1. The molecule has 0 saturated heterocycles. The van der Waals surface area contributed by atoms with Crippen LogP contribution < -0.4 is 10.1 Å². The van der Waals surface area contributed by atoms with Crippen LogP contribution in [0, 0.1) is 24.0 Å². The van der Waals surface area contributed by atoms with Crippen molar-refractivity contribution in [1.82, 2.24) is 5.32 Å². The van der Waals surface area contributed by atoms with Gasteiger partial charge in [-0.2, -0.15) is 0 Å². The first-order valence-corrected chi connectivity index (χ1v) is 6.64. The summed E-state index contributed by atoms with van der Waals surface area (Å²) in [5.41, 5.74) is -0.0861. The molecule has 1 atom stereocenters. The molecule has 0 heterocycles. The molecule has 21 heavy (non-hydrogen) atoms. The van der Waals surface area contributed by atoms with E-state index >= 15 is 0 Å². The molecule has 0 aromatic heterocycles. The van der Waals surface area contributed by atoms with E-state index in [1.54, 1.807) is 0 Å². The fourth-order valence-electron chi connectivity index (χ4n) is 2.13. The first kappa shape index (κ1) is 15.0. The summed E-state index contributed by atoms with van der Waals surface area (Å²) >= 11 is 0. The topological polar surface area (TPSA) is 38.3 Å². The second-order valence-electron chi connectivity index (χ2n) is 4.70. The van der Waals surface area contributed by atoms with E-state index in [2.05, 4.69) is 11.2 Å². The Bertz CT molecular complexity index is 582. The molecular formula is C16H15F2NO2. The van der Waals surface area contributed by atoms with Gasteiger partial charge < -0.3 is 10.1 Å². The summed E-state index contributed by atoms with van der Waals surface area (Å²) in [7, 11) is 0. The van der Waals surface area contributed by atoms with E-state index in [-0.39, 0.29) is 18.2 Å². The lowest BCUT2D eigenvalue weighted by molar-refractivity contribution is 0.0941. The minimum atomic E-state index is -0.949. The third-order valence-corrected chi connectivity index (χ3v) is 3.13. The van der Waals surface area contributed by atoms with Crippen molar-refractivity contribution in [3.8, 4) is 18.1 Å². The Kier molecular flexibility index (Phi) is 4.94. The van der Waals surface area contributed by atoms with Gasteiger partial charge in [-0.15, -0.1) is 6.42 Å². The van der Waals surface area contributed by atoms with Crippen LogP contribution in [0.25, 0.3) is 0 Å². The van der Waals surface area contributed by atoms with E-state index in [0.29, 0.717) is 0 Å². The number of rotatable bonds is 4. The van der Waals surface area contributed by atoms with Gasteiger partial charge in [0.1, 0.15) is 6.61 Å². The van der Waals surface area contributed by atoms with Gasteiger partial charge in [0.05, 0.1) is 0 Å². The SMILES string of the molecule is C#CCOc1c(F)cc(C(=O)NC2C=CCCC2)cc1F. The van der Waals surface area contributed by atoms with Crippen molar-refractivity contribution >= 4 is 5.91 Å². The quantitative estimate of drug-likeness (QED) is 0.684. The van der Waals surface area contributed by atoms with Crippen molar-refractivity contribution in [2.75, 3.05) is 6.61 Å². The summed E-state index contributed by atoms with van der Waals surface area (Å²) in [6.45, 7) is -0.244. The number of terminal acetylenes is 1. The fraction of sp³-hybridized carbons (Fsp3) is 0.312. The maximum Gasteiger partial charge on any atom is 0.251 e. The Balaban J connectivity index is 2.13. The van der Waals surface area contributed by atoms with E-state index in [0.717, 1.165) is 31.4 Å². The minimum absolute atomic E-state index is 0.0861. The van der Waals surface area contributed by atoms with Crippen LogP contribution in [0.3, 0.4) is 0 Å². The molecule has 3 nitrogen and oxygen atoms in total. The standard InChI is InChI=1S/C16H15F2NO2/c1-2-8-21-15-13(17)9-11(10-14(15)18)16(20)19-12-6-4-3-5-7-12/h1,4,6,9-10,12H,3,5,7-8H2,(H,19,20). The fourth-order valence-corrected chi connectivity index (χ4v) is 2.13. The number of amides is 1. The van der Waals surface area contributed by atoms with Gasteiger partial charge in [0.2, 0.25) is 0 Å². The summed E-state index contributed by atoms with van der Waals surface area (Å²) in [5, 5.41) is 2.72. The van der Waals surface area contributed by atoms with Crippen LogP contribution in [0.5, 0.6) is 5.75 Å². The van der Waals surface area contributed by atoms with Crippen LogP contribution in [0.4, 0.5) is 8.78 Å². The van der Waals surface area contributed by atoms with Gasteiger partial charge >= 0.3 is 0 Å². The number of halogens is 2. The molecule has 1 aromatic carbocycles. The second kappa shape index (κ2) is 6.89. The Hall–Kier alpha value is -2.35. The lowest BCUT2D eigenvalue weighted by Crippen LogP contribution is -2.34. The van der Waals surface area contributed by atoms with E-state index in [4.69, 9.17) is 11.2 Å². The molecule has 1 unspecified atom stereocenters. The maximum absolute atomic E-state index is 13.7. The lowest BCUT2D eigenvalue weighted by atomic mass is 10.0. The molecule has 2 rings (SSSR count). The highest BCUT2D eigenvalue weighted by Gasteiger charge is 2.18. The Morgan fingerprint density at radius 3 is 2.71 bits per heavy atom. The van der Waals surface area contributed by atoms with Gasteiger partial charge in [0.15, 0.2) is 17.4 Å². The number of ether oxygens (including phenoxy) is 1. The molecule has 0 radical (unpaired) electrons. The predicted octanol–water partition coefficient (Wildman–Crippen LogP) is 2.82. The van der Waals surface area contributed by atoms with Gasteiger partial charge in [0, 0.05) is 11.6 Å². The molecule has 1 aromatic rings. The first-order chi connectivity index (χ1) is 10.1. The number of carbonyl (C=O) groups excluding carboxylic acids is 1. The van der Waals surface area contributed by atoms with Crippen LogP contribution in [0.1, 0.15) is 29.6 Å². The highest BCUT2D eigenvalue weighted by molar-refractivity contribution is 5.94. The van der Waals surface area contributed by atoms with Crippen LogP contribution in [-0.4, -0.2) is 18.6 Å². The van der Waals surface area contributed by atoms with E-state index in [9.17, 15) is 13.6 Å². The van der Waals surface area contributed by atoms with Crippen LogP contribution in [0.2, 0.25) is 0 Å². The highest BCUT2D eigenvalue weighted by atomic mass is 19.1. The molecule has 0 bridgehead atoms. The van der Waals surface area contributed by atoms with Gasteiger partial charge in [0.25, 0.3) is 5.91 Å². The first-order valence-electron chi connectivity index (χ1n) is 6.64. The van der Waals surface area contributed by atoms with E-state index in [1.807, 2.05) is 12.2 Å². The Morgan fingerprint density at radius 2 is 2.14 bits per heavy atom. The van der Waals surface area contributed by atoms with Crippen LogP contribution in [0.15, 0.2) is 24.3 Å². The van der Waals surface area contributed by atoms with Crippen molar-refractivity contribution in [2.24, 2.45) is 0 Å². The largest absolute Gasteiger partial charge is 0.475 e. The molecule has 1 aliphatic carbocycles. The molecule has 1 amide bonds. The van der Waals surface area contributed by atoms with E-state index in [1.165, 1.54) is 0 Å². The predicted molar refractivity (Wildman–Crippen MR) is 74.9 cm³/mol. The summed E-state index contributed by atoms with van der Waals surface area (Å²) in [6, 6.07) is 1.78. The molecule has 5 heteroatoms. The second-order valence-corrected chi connectivity index (χ2v) is 4.70. The molecule has 1 aliphatic rings. The lowest BCUT2D eigenvalue weighted by Gasteiger charge is -2.18. The zero-order chi connectivity index (χ0) is 15.2. The average Bonchev–Trinajstić information content (AvgIpc) is 2.47. The van der Waals surface area contributed by atoms with Crippen LogP contribution in [-0.2, 0) is 0 Å². The molecule has 0 saturated carbocycles. The van der Waals surface area contributed by atoms with Crippen molar-refractivity contribution in [3.05, 3.63) is 41.5 Å². The number of carbonyl (C=O) groups is 1. The Labute approximate surface area is 122 Å². The van der Waals surface area contributed by atoms with Crippen molar-refractivity contribution in [3.63, 3.8) is 0 Å². The number of allylic oxidation sites excluding steroid dienone is 1. The summed E-state index contributed by atoms with van der Waals surface area (Å²) < 4.78 is 32.3. The molecule has 0 aliphatic heterocycles. The third kappa shape index (κ3) is 3.82. The summed E-state index contributed by atoms with van der Waals surface area (Å²) in [5.74, 6) is -0.867. The normalized spacial score (nSPS) is 17.1. The summed E-state index contributed by atoms with van der Waals surface area (Å²) in [4.78, 5) is 12.0. The van der Waals surface area contributed by atoms with Gasteiger partial charge in [-0.05, 0) is 31.4 Å². The molecule has 0 spiro atoms. The smallest absolute Gasteiger partial charge is 0.251 e. The average molecular weight is 291 g/mol. The molecular weight excluding hydrogens is 276 g/mol. The minimum Gasteiger partial charge on any atom is -0.475 e. The summed E-state index contributed by atoms with van der Waals surface area (Å²) in [6.07, 6.45) is 11.6. The number of benzene rings is 1. The zero-order valence-electron chi connectivity index (χ0n) is 11.4. The molecule has 1 N–H and O–H groups in total. The maximum atomic E-state index is 13.7. The third-order valence-electron chi connectivity index (χ3n) is 3.13. The molecule has 110 valence electrons. The monoisotopic (exact) mass is 291 g/mol.